The SMILES string of the molecule is Cc1cc(-n2nc3c(c2Br)[C@H](C)N(C(=O)OC(C)(C)C)CC3)cc(C)c1F. The van der Waals surface area contributed by atoms with E-state index in [1.165, 1.54) is 0 Å². The van der Waals surface area contributed by atoms with Crippen molar-refractivity contribution in [3.8, 4) is 5.69 Å². The van der Waals surface area contributed by atoms with Crippen LogP contribution in [0.4, 0.5) is 9.18 Å². The molecular weight excluding hydrogens is 413 g/mol. The number of hydrogen-bond donors (Lipinski definition) is 0. The van der Waals surface area contributed by atoms with Gasteiger partial charge in [-0.2, -0.15) is 5.10 Å². The summed E-state index contributed by atoms with van der Waals surface area (Å²) in [5.74, 6) is -0.198. The Morgan fingerprint density at radius 3 is 2.44 bits per heavy atom. The van der Waals surface area contributed by atoms with Crippen LogP contribution in [0.1, 0.15) is 56.1 Å². The van der Waals surface area contributed by atoms with Gasteiger partial charge in [0.05, 0.1) is 17.4 Å². The van der Waals surface area contributed by atoms with E-state index < -0.39 is 5.60 Å². The van der Waals surface area contributed by atoms with Crippen molar-refractivity contribution in [3.63, 3.8) is 0 Å². The van der Waals surface area contributed by atoms with E-state index >= 15 is 0 Å². The molecule has 0 saturated heterocycles. The zero-order valence-electron chi connectivity index (χ0n) is 16.6. The van der Waals surface area contributed by atoms with Crippen molar-refractivity contribution in [2.75, 3.05) is 6.54 Å². The van der Waals surface area contributed by atoms with Crippen molar-refractivity contribution in [2.45, 2.75) is 59.6 Å². The molecule has 1 aromatic carbocycles. The first-order valence-electron chi connectivity index (χ1n) is 9.03. The number of rotatable bonds is 1. The van der Waals surface area contributed by atoms with Gasteiger partial charge in [-0.3, -0.25) is 0 Å². The second-order valence-electron chi connectivity index (χ2n) is 8.06. The lowest BCUT2D eigenvalue weighted by atomic mass is 10.0. The molecule has 3 rings (SSSR count). The van der Waals surface area contributed by atoms with Crippen molar-refractivity contribution in [1.82, 2.24) is 14.7 Å². The molecule has 7 heteroatoms. The van der Waals surface area contributed by atoms with Gasteiger partial charge < -0.3 is 9.64 Å². The summed E-state index contributed by atoms with van der Waals surface area (Å²) in [4.78, 5) is 14.3. The van der Waals surface area contributed by atoms with E-state index in [4.69, 9.17) is 9.84 Å². The van der Waals surface area contributed by atoms with Crippen LogP contribution < -0.4 is 0 Å². The standard InChI is InChI=1S/C20H25BrFN3O2/c1-11-9-14(10-12(2)17(11)22)25-18(21)16-13(3)24(8-7-15(16)23-25)19(26)27-20(4,5)6/h9-10,13H,7-8H2,1-6H3/t13-/m0/s1. The third-order valence-corrected chi connectivity index (χ3v) is 5.47. The Labute approximate surface area is 167 Å². The molecule has 1 aliphatic rings. The Morgan fingerprint density at radius 1 is 1.30 bits per heavy atom. The van der Waals surface area contributed by atoms with E-state index in [1.807, 2.05) is 27.7 Å². The highest BCUT2D eigenvalue weighted by molar-refractivity contribution is 9.10. The summed E-state index contributed by atoms with van der Waals surface area (Å²) in [6.45, 7) is 11.6. The topological polar surface area (TPSA) is 47.4 Å². The Kier molecular flexibility index (Phi) is 5.10. The lowest BCUT2D eigenvalue weighted by molar-refractivity contribution is 0.0158. The van der Waals surface area contributed by atoms with Crippen LogP contribution in [0.5, 0.6) is 0 Å². The maximum absolute atomic E-state index is 14.0. The van der Waals surface area contributed by atoms with E-state index in [2.05, 4.69) is 15.9 Å². The zero-order chi connectivity index (χ0) is 20.1. The van der Waals surface area contributed by atoms with Gasteiger partial charge in [0, 0.05) is 18.5 Å². The Morgan fingerprint density at radius 2 is 1.89 bits per heavy atom. The predicted octanol–water partition coefficient (Wildman–Crippen LogP) is 5.24. The predicted molar refractivity (Wildman–Crippen MR) is 106 cm³/mol. The second-order valence-corrected chi connectivity index (χ2v) is 8.81. The maximum Gasteiger partial charge on any atom is 0.410 e. The van der Waals surface area contributed by atoms with Gasteiger partial charge in [0.15, 0.2) is 0 Å². The summed E-state index contributed by atoms with van der Waals surface area (Å²) in [5.41, 5.74) is 3.31. The van der Waals surface area contributed by atoms with Gasteiger partial charge in [0.2, 0.25) is 0 Å². The molecule has 1 amide bonds. The first-order valence-corrected chi connectivity index (χ1v) is 9.83. The molecule has 1 atom stereocenters. The summed E-state index contributed by atoms with van der Waals surface area (Å²) in [5, 5.41) is 4.72. The number of carbonyl (C=O) groups is 1. The smallest absolute Gasteiger partial charge is 0.410 e. The van der Waals surface area contributed by atoms with E-state index in [-0.39, 0.29) is 18.0 Å². The van der Waals surface area contributed by atoms with Gasteiger partial charge in [0.1, 0.15) is 16.0 Å². The maximum atomic E-state index is 14.0. The number of amides is 1. The van der Waals surface area contributed by atoms with Crippen molar-refractivity contribution in [3.05, 3.63) is 44.9 Å². The van der Waals surface area contributed by atoms with Crippen molar-refractivity contribution in [1.29, 1.82) is 0 Å². The number of nitrogens with zero attached hydrogens (tertiary/aromatic N) is 3. The first kappa shape index (κ1) is 19.9. The number of fused-ring (bicyclic) bond motifs is 1. The molecule has 0 saturated carbocycles. The molecule has 1 aromatic heterocycles. The summed E-state index contributed by atoms with van der Waals surface area (Å²) in [6.07, 6.45) is 0.317. The van der Waals surface area contributed by atoms with Crippen LogP contribution in [-0.4, -0.2) is 32.9 Å². The minimum Gasteiger partial charge on any atom is -0.444 e. The van der Waals surface area contributed by atoms with E-state index in [9.17, 15) is 9.18 Å². The molecule has 0 fully saturated rings. The average molecular weight is 438 g/mol. The Hall–Kier alpha value is -1.89. The third kappa shape index (κ3) is 3.74. The van der Waals surface area contributed by atoms with Crippen molar-refractivity contribution < 1.29 is 13.9 Å². The van der Waals surface area contributed by atoms with E-state index in [1.54, 1.807) is 35.6 Å². The highest BCUT2D eigenvalue weighted by Crippen LogP contribution is 2.37. The van der Waals surface area contributed by atoms with Crippen LogP contribution in [0.2, 0.25) is 0 Å². The lowest BCUT2D eigenvalue weighted by Crippen LogP contribution is -2.42. The normalized spacial score (nSPS) is 17.0. The minimum absolute atomic E-state index is 0.172. The fourth-order valence-electron chi connectivity index (χ4n) is 3.41. The Bertz CT molecular complexity index is 878. The highest BCUT2D eigenvalue weighted by Gasteiger charge is 2.35. The van der Waals surface area contributed by atoms with Crippen LogP contribution in [0.3, 0.4) is 0 Å². The number of halogens is 2. The molecule has 0 spiro atoms. The van der Waals surface area contributed by atoms with E-state index in [0.717, 1.165) is 21.5 Å². The largest absolute Gasteiger partial charge is 0.444 e. The molecular formula is C20H25BrFN3O2. The van der Waals surface area contributed by atoms with Gasteiger partial charge in [-0.25, -0.2) is 13.9 Å². The van der Waals surface area contributed by atoms with Crippen LogP contribution in [0.25, 0.3) is 5.69 Å². The quantitative estimate of drug-likeness (QED) is 0.612. The number of ether oxygens (including phenoxy) is 1. The molecule has 0 radical (unpaired) electrons. The van der Waals surface area contributed by atoms with Crippen molar-refractivity contribution >= 4 is 22.0 Å². The molecule has 27 heavy (non-hydrogen) atoms. The summed E-state index contributed by atoms with van der Waals surface area (Å²) < 4.78 is 22.1. The van der Waals surface area contributed by atoms with Crippen LogP contribution in [-0.2, 0) is 11.2 Å². The van der Waals surface area contributed by atoms with Crippen LogP contribution >= 0.6 is 15.9 Å². The summed E-state index contributed by atoms with van der Waals surface area (Å²) in [6, 6.07) is 3.39. The van der Waals surface area contributed by atoms with Gasteiger partial charge in [-0.05, 0) is 80.7 Å². The van der Waals surface area contributed by atoms with E-state index in [0.29, 0.717) is 24.1 Å². The zero-order valence-corrected chi connectivity index (χ0v) is 18.1. The second kappa shape index (κ2) is 6.93. The number of aryl methyl sites for hydroxylation is 2. The molecule has 2 aromatic rings. The number of benzene rings is 1. The Balaban J connectivity index is 1.98. The number of aromatic nitrogens is 2. The highest BCUT2D eigenvalue weighted by atomic mass is 79.9. The first-order chi connectivity index (χ1) is 12.5. The van der Waals surface area contributed by atoms with Crippen LogP contribution in [0.15, 0.2) is 16.7 Å². The van der Waals surface area contributed by atoms with Gasteiger partial charge >= 0.3 is 6.09 Å². The number of hydrogen-bond acceptors (Lipinski definition) is 3. The third-order valence-electron chi connectivity index (χ3n) is 4.71. The number of carbonyl (C=O) groups excluding carboxylic acids is 1. The van der Waals surface area contributed by atoms with Gasteiger partial charge in [-0.1, -0.05) is 0 Å². The monoisotopic (exact) mass is 437 g/mol. The summed E-state index contributed by atoms with van der Waals surface area (Å²) >= 11 is 3.65. The summed E-state index contributed by atoms with van der Waals surface area (Å²) in [7, 11) is 0. The lowest BCUT2D eigenvalue weighted by Gasteiger charge is -2.34. The van der Waals surface area contributed by atoms with Crippen LogP contribution in [0, 0.1) is 19.7 Å². The molecule has 0 aliphatic carbocycles. The van der Waals surface area contributed by atoms with Gasteiger partial charge in [0.25, 0.3) is 0 Å². The average Bonchev–Trinajstić information content (AvgIpc) is 2.88. The molecule has 1 aliphatic heterocycles. The molecule has 2 heterocycles. The minimum atomic E-state index is -0.540. The molecule has 146 valence electrons. The fourth-order valence-corrected chi connectivity index (χ4v) is 4.26. The van der Waals surface area contributed by atoms with Gasteiger partial charge in [-0.15, -0.1) is 0 Å². The molecule has 5 nitrogen and oxygen atoms in total. The van der Waals surface area contributed by atoms with Crippen molar-refractivity contribution in [2.24, 2.45) is 0 Å². The molecule has 0 bridgehead atoms. The molecule has 0 unspecified atom stereocenters. The molecule has 0 N–H and O–H groups in total. The fraction of sp³-hybridized carbons (Fsp3) is 0.500.